The molecule has 6 heteroatoms. The summed E-state index contributed by atoms with van der Waals surface area (Å²) in [6, 6.07) is 7.80. The van der Waals surface area contributed by atoms with Crippen molar-refractivity contribution in [3.63, 3.8) is 0 Å². The first-order valence-corrected chi connectivity index (χ1v) is 8.11. The summed E-state index contributed by atoms with van der Waals surface area (Å²) >= 11 is 5.90. The molecule has 0 aromatic heterocycles. The van der Waals surface area contributed by atoms with Crippen molar-refractivity contribution in [2.45, 2.75) is 27.3 Å². The molecule has 0 unspecified atom stereocenters. The Morgan fingerprint density at radius 2 is 1.78 bits per heavy atom. The highest BCUT2D eigenvalue weighted by Gasteiger charge is 2.19. The SMILES string of the molecule is CCNC(=NCc1ccc(Cl)cc1)NCC(C)(C)CN(C)C.I. The molecule has 1 rings (SSSR count). The summed E-state index contributed by atoms with van der Waals surface area (Å²) in [5.74, 6) is 0.851. The second-order valence-electron chi connectivity index (χ2n) is 6.58. The molecule has 1 aromatic carbocycles. The van der Waals surface area contributed by atoms with Crippen molar-refractivity contribution in [1.82, 2.24) is 15.5 Å². The van der Waals surface area contributed by atoms with Crippen LogP contribution in [0, 0.1) is 5.41 Å². The Balaban J connectivity index is 0.00000484. The van der Waals surface area contributed by atoms with E-state index in [9.17, 15) is 0 Å². The summed E-state index contributed by atoms with van der Waals surface area (Å²) in [7, 11) is 4.20. The lowest BCUT2D eigenvalue weighted by atomic mass is 9.93. The minimum Gasteiger partial charge on any atom is -0.357 e. The van der Waals surface area contributed by atoms with Crippen molar-refractivity contribution in [3.05, 3.63) is 34.9 Å². The fourth-order valence-electron chi connectivity index (χ4n) is 2.34. The average molecular weight is 453 g/mol. The molecule has 0 fully saturated rings. The van der Waals surface area contributed by atoms with E-state index in [1.54, 1.807) is 0 Å². The standard InChI is InChI=1S/C17H29ClN4.HI/c1-6-19-16(21-12-17(2,3)13-22(4)5)20-11-14-7-9-15(18)10-8-14;/h7-10H,6,11-13H2,1-5H3,(H2,19,20,21);1H. The number of nitrogens with zero attached hydrogens (tertiary/aromatic N) is 2. The van der Waals surface area contributed by atoms with Crippen LogP contribution in [0.25, 0.3) is 0 Å². The lowest BCUT2D eigenvalue weighted by Gasteiger charge is -2.29. The van der Waals surface area contributed by atoms with Crippen LogP contribution in [0.2, 0.25) is 5.02 Å². The molecule has 0 aliphatic heterocycles. The molecule has 2 N–H and O–H groups in total. The normalized spacial score (nSPS) is 12.0. The Hall–Kier alpha value is -0.530. The molecule has 0 aliphatic rings. The summed E-state index contributed by atoms with van der Waals surface area (Å²) in [6.45, 7) is 9.96. The van der Waals surface area contributed by atoms with Crippen molar-refractivity contribution in [3.8, 4) is 0 Å². The van der Waals surface area contributed by atoms with Gasteiger partial charge in [-0.3, -0.25) is 0 Å². The first kappa shape index (κ1) is 22.5. The van der Waals surface area contributed by atoms with Crippen LogP contribution in [0.4, 0.5) is 0 Å². The van der Waals surface area contributed by atoms with E-state index >= 15 is 0 Å². The third-order valence-corrected chi connectivity index (χ3v) is 3.41. The van der Waals surface area contributed by atoms with E-state index in [4.69, 9.17) is 11.6 Å². The molecule has 1 aromatic rings. The van der Waals surface area contributed by atoms with Gasteiger partial charge in [0.1, 0.15) is 0 Å². The Bertz CT molecular complexity index is 472. The van der Waals surface area contributed by atoms with Crippen LogP contribution < -0.4 is 10.6 Å². The van der Waals surface area contributed by atoms with Gasteiger partial charge in [0, 0.05) is 24.7 Å². The number of rotatable bonds is 7. The Kier molecular flexibility index (Phi) is 10.8. The highest BCUT2D eigenvalue weighted by Crippen LogP contribution is 2.14. The van der Waals surface area contributed by atoms with E-state index in [0.717, 1.165) is 36.2 Å². The van der Waals surface area contributed by atoms with E-state index in [1.165, 1.54) is 0 Å². The Labute approximate surface area is 163 Å². The van der Waals surface area contributed by atoms with Gasteiger partial charge in [-0.1, -0.05) is 37.6 Å². The van der Waals surface area contributed by atoms with E-state index in [2.05, 4.69) is 55.4 Å². The predicted octanol–water partition coefficient (Wildman–Crippen LogP) is 3.60. The van der Waals surface area contributed by atoms with Gasteiger partial charge in [-0.25, -0.2) is 4.99 Å². The van der Waals surface area contributed by atoms with Gasteiger partial charge in [-0.05, 0) is 44.1 Å². The molecule has 0 aliphatic carbocycles. The van der Waals surface area contributed by atoms with Crippen molar-refractivity contribution >= 4 is 41.5 Å². The Morgan fingerprint density at radius 3 is 2.30 bits per heavy atom. The van der Waals surface area contributed by atoms with Gasteiger partial charge in [0.25, 0.3) is 0 Å². The number of guanidine groups is 1. The molecule has 0 saturated carbocycles. The highest BCUT2D eigenvalue weighted by molar-refractivity contribution is 14.0. The van der Waals surface area contributed by atoms with E-state index < -0.39 is 0 Å². The molecule has 0 atom stereocenters. The summed E-state index contributed by atoms with van der Waals surface area (Å²) in [6.07, 6.45) is 0. The minimum atomic E-state index is 0. The number of hydrogen-bond acceptors (Lipinski definition) is 2. The van der Waals surface area contributed by atoms with Gasteiger partial charge in [0.15, 0.2) is 5.96 Å². The van der Waals surface area contributed by atoms with Crippen LogP contribution in [-0.2, 0) is 6.54 Å². The molecule has 0 amide bonds. The third kappa shape index (κ3) is 10.0. The highest BCUT2D eigenvalue weighted by atomic mass is 127. The van der Waals surface area contributed by atoms with Gasteiger partial charge in [0.05, 0.1) is 6.54 Å². The molecule has 0 bridgehead atoms. The second-order valence-corrected chi connectivity index (χ2v) is 7.01. The maximum Gasteiger partial charge on any atom is 0.191 e. The summed E-state index contributed by atoms with van der Waals surface area (Å²) < 4.78 is 0. The minimum absolute atomic E-state index is 0. The molecular weight excluding hydrogens is 423 g/mol. The summed E-state index contributed by atoms with van der Waals surface area (Å²) in [5, 5.41) is 7.48. The van der Waals surface area contributed by atoms with Gasteiger partial charge in [-0.15, -0.1) is 24.0 Å². The van der Waals surface area contributed by atoms with Crippen molar-refractivity contribution in [2.75, 3.05) is 33.7 Å². The number of nitrogens with one attached hydrogen (secondary N) is 2. The molecule has 132 valence electrons. The van der Waals surface area contributed by atoms with Crippen LogP contribution in [0.5, 0.6) is 0 Å². The van der Waals surface area contributed by atoms with Crippen LogP contribution in [0.15, 0.2) is 29.3 Å². The first-order valence-electron chi connectivity index (χ1n) is 7.74. The topological polar surface area (TPSA) is 39.7 Å². The summed E-state index contributed by atoms with van der Waals surface area (Å²) in [5.41, 5.74) is 1.33. The molecule has 4 nitrogen and oxygen atoms in total. The molecule has 0 saturated heterocycles. The fraction of sp³-hybridized carbons (Fsp3) is 0.588. The quantitative estimate of drug-likeness (QED) is 0.377. The zero-order chi connectivity index (χ0) is 16.6. The smallest absolute Gasteiger partial charge is 0.191 e. The zero-order valence-electron chi connectivity index (χ0n) is 14.8. The first-order chi connectivity index (χ1) is 10.3. The average Bonchev–Trinajstić information content (AvgIpc) is 2.42. The van der Waals surface area contributed by atoms with Gasteiger partial charge in [0.2, 0.25) is 0 Å². The van der Waals surface area contributed by atoms with Gasteiger partial charge < -0.3 is 15.5 Å². The Morgan fingerprint density at radius 1 is 1.17 bits per heavy atom. The maximum absolute atomic E-state index is 5.90. The van der Waals surface area contributed by atoms with Crippen LogP contribution in [-0.4, -0.2) is 44.6 Å². The largest absolute Gasteiger partial charge is 0.357 e. The maximum atomic E-state index is 5.90. The fourth-order valence-corrected chi connectivity index (χ4v) is 2.46. The molecule has 23 heavy (non-hydrogen) atoms. The second kappa shape index (κ2) is 11.1. The lowest BCUT2D eigenvalue weighted by Crippen LogP contribution is -2.44. The van der Waals surface area contributed by atoms with Crippen molar-refractivity contribution in [1.29, 1.82) is 0 Å². The van der Waals surface area contributed by atoms with Crippen molar-refractivity contribution < 1.29 is 0 Å². The number of benzene rings is 1. The van der Waals surface area contributed by atoms with E-state index in [-0.39, 0.29) is 29.4 Å². The molecular formula is C17H30ClIN4. The van der Waals surface area contributed by atoms with Crippen LogP contribution >= 0.6 is 35.6 Å². The monoisotopic (exact) mass is 452 g/mol. The molecule has 0 heterocycles. The number of halogens is 2. The third-order valence-electron chi connectivity index (χ3n) is 3.16. The predicted molar refractivity (Wildman–Crippen MR) is 112 cm³/mol. The van der Waals surface area contributed by atoms with Crippen LogP contribution in [0.3, 0.4) is 0 Å². The van der Waals surface area contributed by atoms with Gasteiger partial charge in [-0.2, -0.15) is 0 Å². The zero-order valence-corrected chi connectivity index (χ0v) is 17.9. The van der Waals surface area contributed by atoms with Crippen molar-refractivity contribution in [2.24, 2.45) is 10.4 Å². The number of aliphatic imine (C=N–C) groups is 1. The molecule has 0 spiro atoms. The summed E-state index contributed by atoms with van der Waals surface area (Å²) in [4.78, 5) is 6.84. The van der Waals surface area contributed by atoms with E-state index in [1.807, 2.05) is 24.3 Å². The van der Waals surface area contributed by atoms with Crippen LogP contribution in [0.1, 0.15) is 26.3 Å². The lowest BCUT2D eigenvalue weighted by molar-refractivity contribution is 0.241. The van der Waals surface area contributed by atoms with E-state index in [0.29, 0.717) is 6.54 Å². The van der Waals surface area contributed by atoms with Gasteiger partial charge >= 0.3 is 0 Å². The molecule has 0 radical (unpaired) electrons. The number of hydrogen-bond donors (Lipinski definition) is 2.